The number of nitrogens with zero attached hydrogens (tertiary/aromatic N) is 1. The first-order chi connectivity index (χ1) is 6.20. The van der Waals surface area contributed by atoms with Gasteiger partial charge >= 0.3 is 0 Å². The highest BCUT2D eigenvalue weighted by molar-refractivity contribution is 4.90. The second-order valence-corrected chi connectivity index (χ2v) is 4.48. The number of nitrogens with one attached hydrogen (secondary N) is 1. The van der Waals surface area contributed by atoms with E-state index < -0.39 is 0 Å². The Morgan fingerprint density at radius 2 is 2.08 bits per heavy atom. The normalized spacial score (nSPS) is 34.1. The van der Waals surface area contributed by atoms with Gasteiger partial charge in [0, 0.05) is 12.5 Å². The van der Waals surface area contributed by atoms with Gasteiger partial charge in [-0.15, -0.1) is 0 Å². The van der Waals surface area contributed by atoms with Crippen LogP contribution in [0, 0.1) is 16.7 Å². The Morgan fingerprint density at radius 1 is 1.46 bits per heavy atom. The molecular formula is C11H20N2. The fourth-order valence-electron chi connectivity index (χ4n) is 2.18. The summed E-state index contributed by atoms with van der Waals surface area (Å²) >= 11 is 0. The third-order valence-corrected chi connectivity index (χ3v) is 3.19. The van der Waals surface area contributed by atoms with Crippen LogP contribution >= 0.6 is 0 Å². The SMILES string of the molecule is CCN[C@H]1CC[C@](C)(CC#N)CC1. The van der Waals surface area contributed by atoms with Crippen molar-refractivity contribution in [1.82, 2.24) is 5.32 Å². The van der Waals surface area contributed by atoms with E-state index in [0.29, 0.717) is 11.5 Å². The topological polar surface area (TPSA) is 35.8 Å². The third kappa shape index (κ3) is 3.00. The minimum absolute atomic E-state index is 0.306. The molecule has 0 aromatic carbocycles. The largest absolute Gasteiger partial charge is 0.314 e. The summed E-state index contributed by atoms with van der Waals surface area (Å²) in [6, 6.07) is 3.01. The van der Waals surface area contributed by atoms with Crippen LogP contribution < -0.4 is 5.32 Å². The third-order valence-electron chi connectivity index (χ3n) is 3.19. The molecule has 0 bridgehead atoms. The van der Waals surface area contributed by atoms with E-state index in [9.17, 15) is 0 Å². The summed E-state index contributed by atoms with van der Waals surface area (Å²) in [5.74, 6) is 0. The fraction of sp³-hybridized carbons (Fsp3) is 0.909. The zero-order valence-electron chi connectivity index (χ0n) is 8.77. The Balaban J connectivity index is 2.34. The summed E-state index contributed by atoms with van der Waals surface area (Å²) in [4.78, 5) is 0. The summed E-state index contributed by atoms with van der Waals surface area (Å²) in [7, 11) is 0. The predicted octanol–water partition coefficient (Wildman–Crippen LogP) is 2.46. The van der Waals surface area contributed by atoms with Gasteiger partial charge in [0.1, 0.15) is 0 Å². The molecule has 1 aliphatic carbocycles. The average Bonchev–Trinajstić information content (AvgIpc) is 2.10. The van der Waals surface area contributed by atoms with Crippen LogP contribution in [0.25, 0.3) is 0 Å². The maximum Gasteiger partial charge on any atom is 0.0627 e. The molecule has 1 N–H and O–H groups in total. The lowest BCUT2D eigenvalue weighted by Crippen LogP contribution is -2.36. The second kappa shape index (κ2) is 4.62. The van der Waals surface area contributed by atoms with E-state index in [4.69, 9.17) is 5.26 Å². The summed E-state index contributed by atoms with van der Waals surface area (Å²) in [6.45, 7) is 5.47. The van der Waals surface area contributed by atoms with Crippen molar-refractivity contribution in [3.63, 3.8) is 0 Å². The first-order valence-electron chi connectivity index (χ1n) is 5.30. The van der Waals surface area contributed by atoms with Gasteiger partial charge in [-0.2, -0.15) is 5.26 Å². The number of hydrogen-bond acceptors (Lipinski definition) is 2. The molecule has 0 aromatic heterocycles. The summed E-state index contributed by atoms with van der Waals surface area (Å²) in [5.41, 5.74) is 0.306. The van der Waals surface area contributed by atoms with Gasteiger partial charge in [-0.05, 0) is 37.6 Å². The van der Waals surface area contributed by atoms with Crippen molar-refractivity contribution in [2.45, 2.75) is 52.0 Å². The van der Waals surface area contributed by atoms with Crippen LogP contribution in [0.4, 0.5) is 0 Å². The molecule has 0 atom stereocenters. The molecule has 13 heavy (non-hydrogen) atoms. The smallest absolute Gasteiger partial charge is 0.0627 e. The Kier molecular flexibility index (Phi) is 3.74. The Bertz CT molecular complexity index is 185. The molecule has 0 unspecified atom stereocenters. The lowest BCUT2D eigenvalue weighted by atomic mass is 9.72. The molecular weight excluding hydrogens is 160 g/mol. The van der Waals surface area contributed by atoms with Gasteiger partial charge in [0.15, 0.2) is 0 Å². The monoisotopic (exact) mass is 180 g/mol. The van der Waals surface area contributed by atoms with E-state index in [1.54, 1.807) is 0 Å². The first-order valence-corrected chi connectivity index (χ1v) is 5.30. The van der Waals surface area contributed by atoms with E-state index in [-0.39, 0.29) is 0 Å². The van der Waals surface area contributed by atoms with Gasteiger partial charge < -0.3 is 5.32 Å². The maximum atomic E-state index is 8.69. The highest BCUT2D eigenvalue weighted by atomic mass is 14.9. The second-order valence-electron chi connectivity index (χ2n) is 4.48. The molecule has 1 rings (SSSR count). The maximum absolute atomic E-state index is 8.69. The van der Waals surface area contributed by atoms with Crippen molar-refractivity contribution < 1.29 is 0 Å². The van der Waals surface area contributed by atoms with E-state index in [1.807, 2.05) is 0 Å². The quantitative estimate of drug-likeness (QED) is 0.724. The lowest BCUT2D eigenvalue weighted by molar-refractivity contribution is 0.190. The molecule has 74 valence electrons. The molecule has 2 heteroatoms. The Labute approximate surface area is 81.3 Å². The van der Waals surface area contributed by atoms with Gasteiger partial charge in [-0.25, -0.2) is 0 Å². The zero-order chi connectivity index (χ0) is 9.73. The van der Waals surface area contributed by atoms with Gasteiger partial charge in [0.2, 0.25) is 0 Å². The molecule has 0 amide bonds. The van der Waals surface area contributed by atoms with Gasteiger partial charge in [-0.1, -0.05) is 13.8 Å². The van der Waals surface area contributed by atoms with Gasteiger partial charge in [-0.3, -0.25) is 0 Å². The van der Waals surface area contributed by atoms with E-state index in [2.05, 4.69) is 25.2 Å². The molecule has 0 aromatic rings. The molecule has 0 saturated heterocycles. The van der Waals surface area contributed by atoms with Crippen molar-refractivity contribution in [2.75, 3.05) is 6.54 Å². The van der Waals surface area contributed by atoms with E-state index in [1.165, 1.54) is 25.7 Å². The predicted molar refractivity (Wildman–Crippen MR) is 54.3 cm³/mol. The van der Waals surface area contributed by atoms with Gasteiger partial charge in [0.25, 0.3) is 0 Å². The van der Waals surface area contributed by atoms with E-state index in [0.717, 1.165) is 13.0 Å². The molecule has 0 radical (unpaired) electrons. The minimum Gasteiger partial charge on any atom is -0.314 e. The summed E-state index contributed by atoms with van der Waals surface area (Å²) in [6.07, 6.45) is 5.63. The molecule has 1 saturated carbocycles. The minimum atomic E-state index is 0.306. The zero-order valence-corrected chi connectivity index (χ0v) is 8.77. The Hall–Kier alpha value is -0.550. The standard InChI is InChI=1S/C11H20N2/c1-3-13-10-4-6-11(2,7-5-10)8-9-12/h10,13H,3-8H2,1-2H3/t10-,11-. The first kappa shape index (κ1) is 10.5. The lowest BCUT2D eigenvalue weighted by Gasteiger charge is -2.36. The summed E-state index contributed by atoms with van der Waals surface area (Å²) in [5, 5.41) is 12.2. The van der Waals surface area contributed by atoms with Crippen LogP contribution in [0.2, 0.25) is 0 Å². The van der Waals surface area contributed by atoms with Crippen molar-refractivity contribution in [3.8, 4) is 6.07 Å². The molecule has 1 fully saturated rings. The molecule has 0 spiro atoms. The summed E-state index contributed by atoms with van der Waals surface area (Å²) < 4.78 is 0. The molecule has 0 heterocycles. The number of rotatable bonds is 3. The highest BCUT2D eigenvalue weighted by Crippen LogP contribution is 2.38. The molecule has 0 aliphatic heterocycles. The van der Waals surface area contributed by atoms with Crippen molar-refractivity contribution >= 4 is 0 Å². The fourth-order valence-corrected chi connectivity index (χ4v) is 2.18. The van der Waals surface area contributed by atoms with Crippen LogP contribution in [-0.4, -0.2) is 12.6 Å². The van der Waals surface area contributed by atoms with Crippen LogP contribution in [0.5, 0.6) is 0 Å². The Morgan fingerprint density at radius 3 is 2.54 bits per heavy atom. The van der Waals surface area contributed by atoms with Gasteiger partial charge in [0.05, 0.1) is 6.07 Å². The van der Waals surface area contributed by atoms with Crippen molar-refractivity contribution in [3.05, 3.63) is 0 Å². The van der Waals surface area contributed by atoms with Crippen LogP contribution in [0.1, 0.15) is 46.0 Å². The van der Waals surface area contributed by atoms with Crippen LogP contribution in [0.3, 0.4) is 0 Å². The number of nitriles is 1. The van der Waals surface area contributed by atoms with Crippen LogP contribution in [-0.2, 0) is 0 Å². The average molecular weight is 180 g/mol. The number of hydrogen-bond donors (Lipinski definition) is 1. The van der Waals surface area contributed by atoms with Crippen molar-refractivity contribution in [2.24, 2.45) is 5.41 Å². The highest BCUT2D eigenvalue weighted by Gasteiger charge is 2.30. The van der Waals surface area contributed by atoms with E-state index >= 15 is 0 Å². The molecule has 2 nitrogen and oxygen atoms in total. The van der Waals surface area contributed by atoms with Crippen molar-refractivity contribution in [1.29, 1.82) is 5.26 Å². The molecule has 1 aliphatic rings. The van der Waals surface area contributed by atoms with Crippen LogP contribution in [0.15, 0.2) is 0 Å².